The summed E-state index contributed by atoms with van der Waals surface area (Å²) in [5.41, 5.74) is 9.51. The Hall–Kier alpha value is -3.52. The van der Waals surface area contributed by atoms with Crippen LogP contribution in [0.4, 0.5) is 5.82 Å². The van der Waals surface area contributed by atoms with Gasteiger partial charge in [0.15, 0.2) is 5.82 Å². The maximum absolute atomic E-state index is 12.4. The van der Waals surface area contributed by atoms with Gasteiger partial charge in [0.1, 0.15) is 5.69 Å². The minimum atomic E-state index is -0.131. The van der Waals surface area contributed by atoms with Gasteiger partial charge in [-0.15, -0.1) is 10.2 Å². The molecular weight excluding hydrogens is 354 g/mol. The Bertz CT molecular complexity index is 1130. The largest absolute Gasteiger partial charge is 0.382 e. The van der Waals surface area contributed by atoms with Gasteiger partial charge in [0.2, 0.25) is 0 Å². The van der Waals surface area contributed by atoms with E-state index in [4.69, 9.17) is 5.73 Å². The average Bonchev–Trinajstić information content (AvgIpc) is 3.27. The number of carbonyl (C=O) groups excluding carboxylic acids is 1. The van der Waals surface area contributed by atoms with Crippen LogP contribution in [0, 0.1) is 0 Å². The molecule has 0 bridgehead atoms. The molecule has 0 atom stereocenters. The molecule has 8 nitrogen and oxygen atoms in total. The van der Waals surface area contributed by atoms with Gasteiger partial charge in [0.05, 0.1) is 24.8 Å². The molecule has 0 fully saturated rings. The van der Waals surface area contributed by atoms with Crippen LogP contribution in [0.5, 0.6) is 0 Å². The zero-order valence-electron chi connectivity index (χ0n) is 15.8. The van der Waals surface area contributed by atoms with Crippen LogP contribution < -0.4 is 5.73 Å². The summed E-state index contributed by atoms with van der Waals surface area (Å²) in [7, 11) is 3.67. The molecular formula is C20H21N7O. The number of aromatic nitrogens is 5. The molecule has 2 N–H and O–H groups in total. The molecule has 0 radical (unpaired) electrons. The van der Waals surface area contributed by atoms with Gasteiger partial charge in [-0.25, -0.2) is 4.68 Å². The molecule has 28 heavy (non-hydrogen) atoms. The maximum atomic E-state index is 12.4. The Labute approximate surface area is 162 Å². The second-order valence-electron chi connectivity index (χ2n) is 6.95. The van der Waals surface area contributed by atoms with Crippen molar-refractivity contribution >= 4 is 22.6 Å². The van der Waals surface area contributed by atoms with Crippen molar-refractivity contribution in [2.24, 2.45) is 0 Å². The van der Waals surface area contributed by atoms with Gasteiger partial charge in [-0.05, 0) is 31.8 Å². The zero-order chi connectivity index (χ0) is 19.7. The lowest BCUT2D eigenvalue weighted by Gasteiger charge is -2.08. The summed E-state index contributed by atoms with van der Waals surface area (Å²) in [4.78, 5) is 14.2. The first-order valence-electron chi connectivity index (χ1n) is 8.92. The van der Waals surface area contributed by atoms with E-state index in [-0.39, 0.29) is 12.5 Å². The third-order valence-electron chi connectivity index (χ3n) is 4.42. The topological polar surface area (TPSA) is 94.9 Å². The molecule has 0 aliphatic rings. The summed E-state index contributed by atoms with van der Waals surface area (Å²) in [6.45, 7) is 0.904. The van der Waals surface area contributed by atoms with Gasteiger partial charge >= 0.3 is 0 Å². The third-order valence-corrected chi connectivity index (χ3v) is 4.42. The minimum Gasteiger partial charge on any atom is -0.382 e. The van der Waals surface area contributed by atoms with E-state index in [1.165, 1.54) is 4.68 Å². The lowest BCUT2D eigenvalue weighted by atomic mass is 10.1. The van der Waals surface area contributed by atoms with E-state index >= 15 is 0 Å². The van der Waals surface area contributed by atoms with E-state index in [2.05, 4.69) is 15.4 Å². The van der Waals surface area contributed by atoms with Gasteiger partial charge in [0.25, 0.3) is 5.91 Å². The number of rotatable bonds is 5. The van der Waals surface area contributed by atoms with Crippen molar-refractivity contribution in [2.45, 2.75) is 6.54 Å². The smallest absolute Gasteiger partial charge is 0.261 e. The highest BCUT2D eigenvalue weighted by Gasteiger charge is 2.16. The van der Waals surface area contributed by atoms with Gasteiger partial charge in [-0.3, -0.25) is 4.79 Å². The summed E-state index contributed by atoms with van der Waals surface area (Å²) in [6.07, 6.45) is 1.89. The predicted molar refractivity (Wildman–Crippen MR) is 108 cm³/mol. The zero-order valence-corrected chi connectivity index (χ0v) is 15.8. The molecule has 0 aliphatic carbocycles. The highest BCUT2D eigenvalue weighted by molar-refractivity contribution is 5.98. The van der Waals surface area contributed by atoms with Crippen molar-refractivity contribution in [2.75, 3.05) is 26.4 Å². The van der Waals surface area contributed by atoms with Crippen molar-refractivity contribution in [1.29, 1.82) is 0 Å². The molecule has 8 heteroatoms. The number of anilines is 1. The molecule has 0 saturated carbocycles. The lowest BCUT2D eigenvalue weighted by Crippen LogP contribution is -2.27. The van der Waals surface area contributed by atoms with Crippen LogP contribution >= 0.6 is 0 Å². The van der Waals surface area contributed by atoms with E-state index in [0.717, 1.165) is 22.2 Å². The highest BCUT2D eigenvalue weighted by atomic mass is 16.2. The molecule has 4 aromatic rings. The SMILES string of the molecule is CN(C)CC(=O)n1nc(N)c2cc(-c3cn(Cc4ccccc4)nn3)ccc21. The monoisotopic (exact) mass is 375 g/mol. The van der Waals surface area contributed by atoms with E-state index in [9.17, 15) is 4.79 Å². The summed E-state index contributed by atoms with van der Waals surface area (Å²) < 4.78 is 3.16. The fourth-order valence-corrected chi connectivity index (χ4v) is 3.11. The summed E-state index contributed by atoms with van der Waals surface area (Å²) >= 11 is 0. The predicted octanol–water partition coefficient (Wildman–Crippen LogP) is 2.13. The molecule has 142 valence electrons. The number of nitrogen functional groups attached to an aromatic ring is 1. The van der Waals surface area contributed by atoms with Crippen LogP contribution in [0.15, 0.2) is 54.7 Å². The van der Waals surface area contributed by atoms with E-state index < -0.39 is 0 Å². The lowest BCUT2D eigenvalue weighted by molar-refractivity contribution is 0.0866. The summed E-state index contributed by atoms with van der Waals surface area (Å²) in [6, 6.07) is 15.7. The van der Waals surface area contributed by atoms with Gasteiger partial charge < -0.3 is 10.6 Å². The van der Waals surface area contributed by atoms with Crippen molar-refractivity contribution < 1.29 is 4.79 Å². The first-order chi connectivity index (χ1) is 13.5. The van der Waals surface area contributed by atoms with E-state index in [1.807, 2.05) is 68.8 Å². The quantitative estimate of drug-likeness (QED) is 0.574. The Morgan fingerprint density at radius 2 is 1.93 bits per heavy atom. The molecule has 0 aliphatic heterocycles. The van der Waals surface area contributed by atoms with E-state index in [1.54, 1.807) is 9.58 Å². The second-order valence-corrected chi connectivity index (χ2v) is 6.95. The molecule has 4 rings (SSSR count). The molecule has 0 spiro atoms. The number of benzene rings is 2. The summed E-state index contributed by atoms with van der Waals surface area (Å²) in [5, 5.41) is 13.4. The van der Waals surface area contributed by atoms with Crippen LogP contribution in [0.2, 0.25) is 0 Å². The number of likely N-dealkylation sites (N-methyl/N-ethyl adjacent to an activating group) is 1. The minimum absolute atomic E-state index is 0.131. The average molecular weight is 375 g/mol. The van der Waals surface area contributed by atoms with Crippen molar-refractivity contribution in [3.8, 4) is 11.3 Å². The number of fused-ring (bicyclic) bond motifs is 1. The Kier molecular flexibility index (Phi) is 4.62. The Morgan fingerprint density at radius 3 is 2.68 bits per heavy atom. The van der Waals surface area contributed by atoms with Crippen LogP contribution in [-0.4, -0.2) is 56.2 Å². The standard InChI is InChI=1S/C20H21N7O/c1-25(2)13-19(28)27-18-9-8-15(10-16(18)20(21)23-27)17-12-26(24-22-17)11-14-6-4-3-5-7-14/h3-10,12H,11,13H2,1-2H3,(H2,21,23). The second kappa shape index (κ2) is 7.24. The Morgan fingerprint density at radius 1 is 1.14 bits per heavy atom. The van der Waals surface area contributed by atoms with Gasteiger partial charge in [0, 0.05) is 10.9 Å². The van der Waals surface area contributed by atoms with Crippen LogP contribution in [0.25, 0.3) is 22.2 Å². The molecule has 0 amide bonds. The third kappa shape index (κ3) is 3.49. The Balaban J connectivity index is 1.64. The number of nitrogens with two attached hydrogens (primary N) is 1. The van der Waals surface area contributed by atoms with Crippen molar-refractivity contribution in [1.82, 2.24) is 29.7 Å². The van der Waals surface area contributed by atoms with Gasteiger partial charge in [-0.2, -0.15) is 4.68 Å². The molecule has 2 heterocycles. The van der Waals surface area contributed by atoms with Crippen molar-refractivity contribution in [3.63, 3.8) is 0 Å². The molecule has 0 saturated heterocycles. The van der Waals surface area contributed by atoms with Gasteiger partial charge in [-0.1, -0.05) is 41.6 Å². The van der Waals surface area contributed by atoms with Crippen LogP contribution in [0.1, 0.15) is 10.4 Å². The number of hydrogen-bond donors (Lipinski definition) is 1. The fourth-order valence-electron chi connectivity index (χ4n) is 3.11. The number of nitrogens with zero attached hydrogens (tertiary/aromatic N) is 6. The first-order valence-corrected chi connectivity index (χ1v) is 8.92. The first kappa shape index (κ1) is 17.9. The van der Waals surface area contributed by atoms with Crippen LogP contribution in [0.3, 0.4) is 0 Å². The van der Waals surface area contributed by atoms with E-state index in [0.29, 0.717) is 17.9 Å². The maximum Gasteiger partial charge on any atom is 0.261 e. The van der Waals surface area contributed by atoms with Crippen LogP contribution in [-0.2, 0) is 6.54 Å². The summed E-state index contributed by atoms with van der Waals surface area (Å²) in [5.74, 6) is 0.189. The molecule has 2 aromatic carbocycles. The normalized spacial score (nSPS) is 11.4. The number of carbonyl (C=O) groups is 1. The number of hydrogen-bond acceptors (Lipinski definition) is 6. The highest BCUT2D eigenvalue weighted by Crippen LogP contribution is 2.26. The van der Waals surface area contributed by atoms with Crippen molar-refractivity contribution in [3.05, 3.63) is 60.3 Å². The molecule has 0 unspecified atom stereocenters. The fraction of sp³-hybridized carbons (Fsp3) is 0.200. The molecule has 2 aromatic heterocycles.